The lowest BCUT2D eigenvalue weighted by Crippen LogP contribution is -2.45. The number of fused-ring (bicyclic) bond motifs is 5. The van der Waals surface area contributed by atoms with Gasteiger partial charge in [0, 0.05) is 0 Å². The second-order valence-electron chi connectivity index (χ2n) is 12.7. The highest BCUT2D eigenvalue weighted by molar-refractivity contribution is 6.39. The molecule has 0 spiro atoms. The molecule has 8 nitrogen and oxygen atoms in total. The third-order valence-electron chi connectivity index (χ3n) is 10.6. The number of methoxy groups -OCH3 is 2. The summed E-state index contributed by atoms with van der Waals surface area (Å²) in [7, 11) is 3.16. The average Bonchev–Trinajstić information content (AvgIpc) is 3.67. The van der Waals surface area contributed by atoms with Gasteiger partial charge in [0.2, 0.25) is 11.8 Å². The summed E-state index contributed by atoms with van der Waals surface area (Å²) in [6, 6.07) is 39.1. The first-order valence-electron chi connectivity index (χ1n) is 16.2. The van der Waals surface area contributed by atoms with E-state index in [1.54, 1.807) is 14.2 Å². The van der Waals surface area contributed by atoms with Crippen LogP contribution in [0.1, 0.15) is 32.6 Å². The van der Waals surface area contributed by atoms with Crippen LogP contribution in [0.25, 0.3) is 11.1 Å². The van der Waals surface area contributed by atoms with Crippen molar-refractivity contribution in [3.05, 3.63) is 161 Å². The van der Waals surface area contributed by atoms with Crippen LogP contribution in [0.4, 0.5) is 5.69 Å². The van der Waals surface area contributed by atoms with Crippen LogP contribution in [-0.4, -0.2) is 42.9 Å². The van der Waals surface area contributed by atoms with Gasteiger partial charge in [-0.1, -0.05) is 84.9 Å². The smallest absolute Gasteiger partial charge is 0.335 e. The van der Waals surface area contributed by atoms with Gasteiger partial charge in [0.1, 0.15) is 11.5 Å². The number of ketones is 1. The largest absolute Gasteiger partial charge is 0.497 e. The molecule has 1 heterocycles. The van der Waals surface area contributed by atoms with Gasteiger partial charge in [-0.3, -0.25) is 14.4 Å². The highest BCUT2D eigenvalue weighted by atomic mass is 16.5. The number of aromatic carboxylic acids is 1. The fourth-order valence-electron chi connectivity index (χ4n) is 8.65. The van der Waals surface area contributed by atoms with E-state index < -0.39 is 40.4 Å². The van der Waals surface area contributed by atoms with Crippen LogP contribution in [0, 0.1) is 11.8 Å². The van der Waals surface area contributed by atoms with E-state index >= 15 is 14.4 Å². The Hall–Kier alpha value is -6.28. The molecular weight excluding hydrogens is 630 g/mol. The van der Waals surface area contributed by atoms with Gasteiger partial charge in [-0.25, -0.2) is 9.69 Å². The van der Waals surface area contributed by atoms with Crippen molar-refractivity contribution in [2.45, 2.75) is 10.8 Å². The zero-order valence-electron chi connectivity index (χ0n) is 27.2. The lowest BCUT2D eigenvalue weighted by atomic mass is 9.59. The number of imide groups is 1. The highest BCUT2D eigenvalue weighted by Gasteiger charge is 2.82. The molecule has 2 aliphatic carbocycles. The summed E-state index contributed by atoms with van der Waals surface area (Å²) in [5, 5.41) is 9.54. The number of rotatable bonds is 8. The van der Waals surface area contributed by atoms with Crippen molar-refractivity contribution in [2.24, 2.45) is 11.8 Å². The quantitative estimate of drug-likeness (QED) is 0.187. The maximum Gasteiger partial charge on any atom is 0.335 e. The topological polar surface area (TPSA) is 110 Å². The Bertz CT molecular complexity index is 2080. The van der Waals surface area contributed by atoms with E-state index in [4.69, 9.17) is 9.47 Å². The Morgan fingerprint density at radius 2 is 0.980 bits per heavy atom. The van der Waals surface area contributed by atoms with Crippen molar-refractivity contribution in [3.63, 3.8) is 0 Å². The lowest BCUT2D eigenvalue weighted by Gasteiger charge is -2.39. The van der Waals surface area contributed by atoms with Gasteiger partial charge in [-0.15, -0.1) is 0 Å². The minimum absolute atomic E-state index is 0.0232. The number of carboxylic acid groups (broad SMARTS) is 1. The molecule has 0 unspecified atom stereocenters. The molecule has 1 aliphatic heterocycles. The molecule has 4 atom stereocenters. The van der Waals surface area contributed by atoms with Gasteiger partial charge in [0.05, 0.1) is 48.1 Å². The molecule has 2 bridgehead atoms. The molecule has 1 saturated heterocycles. The Morgan fingerprint density at radius 1 is 0.580 bits per heavy atom. The number of carbonyl (C=O) groups excluding carboxylic acids is 3. The van der Waals surface area contributed by atoms with Crippen molar-refractivity contribution in [1.29, 1.82) is 0 Å². The molecular formula is C42H31NO7. The molecule has 8 rings (SSSR count). The molecule has 0 radical (unpaired) electrons. The maximum atomic E-state index is 16.0. The number of carboxylic acids is 1. The summed E-state index contributed by atoms with van der Waals surface area (Å²) in [5.41, 5.74) is 1.07. The maximum absolute atomic E-state index is 16.0. The summed E-state index contributed by atoms with van der Waals surface area (Å²) in [6.45, 7) is 0. The normalized spacial score (nSPS) is 23.7. The van der Waals surface area contributed by atoms with Crippen LogP contribution in [0.15, 0.2) is 133 Å². The predicted octanol–water partition coefficient (Wildman–Crippen LogP) is 6.59. The second kappa shape index (κ2) is 11.4. The SMILES string of the molecule is COc1ccc(C2=C(c3ccc(OC)cc3)[C@]3(c4ccccc4)C(=O)[C@]2(c2ccccc2)[C@@H]2C(=O)N(c4ccc(C(=O)O)cc4)C(=O)[C@@H]23)cc1. The molecule has 0 aromatic heterocycles. The van der Waals surface area contributed by atoms with Crippen molar-refractivity contribution < 1.29 is 33.8 Å². The van der Waals surface area contributed by atoms with Crippen molar-refractivity contribution in [3.8, 4) is 11.5 Å². The number of ether oxygens (including phenoxy) is 2. The number of benzene rings is 5. The Morgan fingerprint density at radius 3 is 1.34 bits per heavy atom. The van der Waals surface area contributed by atoms with E-state index in [1.807, 2.05) is 109 Å². The van der Waals surface area contributed by atoms with Crippen LogP contribution in [0.5, 0.6) is 11.5 Å². The number of nitrogens with zero attached hydrogens (tertiary/aromatic N) is 1. The van der Waals surface area contributed by atoms with E-state index in [0.29, 0.717) is 33.8 Å². The third-order valence-corrected chi connectivity index (χ3v) is 10.6. The van der Waals surface area contributed by atoms with Crippen LogP contribution in [-0.2, 0) is 25.2 Å². The number of anilines is 1. The van der Waals surface area contributed by atoms with Gasteiger partial charge in [-0.2, -0.15) is 0 Å². The first-order chi connectivity index (χ1) is 24.3. The lowest BCUT2D eigenvalue weighted by molar-refractivity contribution is -0.130. The Kier molecular flexibility index (Phi) is 7.08. The fraction of sp³-hybridized carbons (Fsp3) is 0.143. The molecule has 1 N–H and O–H groups in total. The summed E-state index contributed by atoms with van der Waals surface area (Å²) in [6.07, 6.45) is 0. The van der Waals surface area contributed by atoms with Crippen LogP contribution in [0.3, 0.4) is 0 Å². The molecule has 5 aromatic rings. The van der Waals surface area contributed by atoms with Crippen molar-refractivity contribution in [1.82, 2.24) is 0 Å². The minimum atomic E-state index is -1.58. The van der Waals surface area contributed by atoms with Gasteiger partial charge >= 0.3 is 5.97 Å². The number of hydrogen-bond acceptors (Lipinski definition) is 6. The van der Waals surface area contributed by atoms with E-state index in [1.165, 1.54) is 24.3 Å². The molecule has 50 heavy (non-hydrogen) atoms. The predicted molar refractivity (Wildman–Crippen MR) is 187 cm³/mol. The van der Waals surface area contributed by atoms with Crippen LogP contribution < -0.4 is 14.4 Å². The van der Waals surface area contributed by atoms with E-state index in [-0.39, 0.29) is 17.0 Å². The van der Waals surface area contributed by atoms with E-state index in [0.717, 1.165) is 16.0 Å². The molecule has 8 heteroatoms. The van der Waals surface area contributed by atoms with Gasteiger partial charge in [0.15, 0.2) is 5.78 Å². The van der Waals surface area contributed by atoms with Gasteiger partial charge in [0.25, 0.3) is 0 Å². The molecule has 1 saturated carbocycles. The second-order valence-corrected chi connectivity index (χ2v) is 12.7. The number of carbonyl (C=O) groups is 4. The number of allylic oxidation sites excluding steroid dienone is 2. The van der Waals surface area contributed by atoms with E-state index in [9.17, 15) is 9.90 Å². The van der Waals surface area contributed by atoms with Crippen LogP contribution in [0.2, 0.25) is 0 Å². The Balaban J connectivity index is 1.51. The number of amides is 2. The molecule has 246 valence electrons. The first-order valence-corrected chi connectivity index (χ1v) is 16.2. The molecule has 2 amide bonds. The zero-order valence-corrected chi connectivity index (χ0v) is 27.2. The highest BCUT2D eigenvalue weighted by Crippen LogP contribution is 2.74. The molecule has 2 fully saturated rings. The summed E-state index contributed by atoms with van der Waals surface area (Å²) in [4.78, 5) is 59.0. The standard InChI is InChI=1S/C42H31NO7/c1-49-31-21-15-25(16-22-31)33-34(26-17-23-32(50-2)24-18-26)42(29-11-7-4-8-12-29)36-35(41(33,40(42)48)28-9-5-3-6-10-28)37(44)43(38(36)45)30-19-13-27(14-20-30)39(46)47/h3-24,35-36H,1-2H3,(H,46,47)/t35-,36+,41-,42-/m0/s1. The minimum Gasteiger partial charge on any atom is -0.497 e. The van der Waals surface area contributed by atoms with E-state index in [2.05, 4.69) is 0 Å². The summed E-state index contributed by atoms with van der Waals surface area (Å²) >= 11 is 0. The molecule has 5 aromatic carbocycles. The average molecular weight is 662 g/mol. The third kappa shape index (κ3) is 3.99. The molecule has 3 aliphatic rings. The van der Waals surface area contributed by atoms with Crippen molar-refractivity contribution >= 4 is 40.4 Å². The van der Waals surface area contributed by atoms with Gasteiger partial charge in [-0.05, 0) is 81.9 Å². The van der Waals surface area contributed by atoms with Crippen LogP contribution >= 0.6 is 0 Å². The Labute approximate surface area is 288 Å². The summed E-state index contributed by atoms with van der Waals surface area (Å²) < 4.78 is 11.0. The fourth-order valence-corrected chi connectivity index (χ4v) is 8.65. The first kappa shape index (κ1) is 31.0. The van der Waals surface area contributed by atoms with Gasteiger partial charge < -0.3 is 14.6 Å². The number of Topliss-reactive ketones (excluding diaryl/α,β-unsaturated/α-hetero) is 1. The monoisotopic (exact) mass is 661 g/mol. The number of hydrogen-bond donors (Lipinski definition) is 1. The summed E-state index contributed by atoms with van der Waals surface area (Å²) in [5.74, 6) is -3.36. The zero-order chi connectivity index (χ0) is 34.8. The van der Waals surface area contributed by atoms with Crippen molar-refractivity contribution in [2.75, 3.05) is 19.1 Å².